The average Bonchev–Trinajstić information content (AvgIpc) is 2.93. The lowest BCUT2D eigenvalue weighted by Crippen LogP contribution is -2.40. The van der Waals surface area contributed by atoms with E-state index in [0.717, 1.165) is 64.0 Å². The van der Waals surface area contributed by atoms with Crippen molar-refractivity contribution >= 4 is 5.97 Å². The Morgan fingerprint density at radius 2 is 1.88 bits per heavy atom. The van der Waals surface area contributed by atoms with Crippen molar-refractivity contribution in [3.05, 3.63) is 23.4 Å². The molecule has 1 unspecified atom stereocenters. The predicted octanol–water partition coefficient (Wildman–Crippen LogP) is 4.43. The molecule has 180 valence electrons. The van der Waals surface area contributed by atoms with Gasteiger partial charge < -0.3 is 19.1 Å². The molecule has 6 nitrogen and oxygen atoms in total. The zero-order valence-corrected chi connectivity index (χ0v) is 20.7. The fourth-order valence-electron chi connectivity index (χ4n) is 5.07. The maximum absolute atomic E-state index is 12.2. The first-order valence-electron chi connectivity index (χ1n) is 12.4. The lowest BCUT2D eigenvalue weighted by Gasteiger charge is -2.35. The second-order valence-corrected chi connectivity index (χ2v) is 10.3. The zero-order chi connectivity index (χ0) is 23.1. The SMILES string of the molecule is CCOc1ccc2c(n1)CCN(CC(OC)C1CCC(CC(=O)OC(C)(C)C)CC1)CC2. The van der Waals surface area contributed by atoms with E-state index in [4.69, 9.17) is 19.2 Å². The summed E-state index contributed by atoms with van der Waals surface area (Å²) in [6.07, 6.45) is 7.18. The van der Waals surface area contributed by atoms with Crippen LogP contribution in [0.3, 0.4) is 0 Å². The molecule has 1 atom stereocenters. The fourth-order valence-corrected chi connectivity index (χ4v) is 5.07. The second kappa shape index (κ2) is 11.5. The van der Waals surface area contributed by atoms with Crippen molar-refractivity contribution in [1.29, 1.82) is 0 Å². The minimum Gasteiger partial charge on any atom is -0.478 e. The number of carbonyl (C=O) groups excluding carboxylic acids is 1. The van der Waals surface area contributed by atoms with Crippen molar-refractivity contribution in [3.63, 3.8) is 0 Å². The lowest BCUT2D eigenvalue weighted by atomic mass is 9.78. The Balaban J connectivity index is 1.47. The number of esters is 1. The van der Waals surface area contributed by atoms with Crippen LogP contribution in [0.2, 0.25) is 0 Å². The Kier molecular flexibility index (Phi) is 8.95. The summed E-state index contributed by atoms with van der Waals surface area (Å²) in [6.45, 7) is 11.4. The first-order valence-corrected chi connectivity index (χ1v) is 12.4. The van der Waals surface area contributed by atoms with E-state index in [1.165, 1.54) is 11.3 Å². The highest BCUT2D eigenvalue weighted by molar-refractivity contribution is 5.70. The van der Waals surface area contributed by atoms with E-state index < -0.39 is 5.60 Å². The fraction of sp³-hybridized carbons (Fsp3) is 0.769. The van der Waals surface area contributed by atoms with Crippen LogP contribution in [0, 0.1) is 11.8 Å². The van der Waals surface area contributed by atoms with E-state index in [9.17, 15) is 4.79 Å². The molecule has 1 fully saturated rings. The minimum absolute atomic E-state index is 0.0607. The molecular formula is C26H42N2O4. The Morgan fingerprint density at radius 3 is 2.53 bits per heavy atom. The van der Waals surface area contributed by atoms with Gasteiger partial charge in [-0.25, -0.2) is 4.98 Å². The number of fused-ring (bicyclic) bond motifs is 1. The van der Waals surface area contributed by atoms with Gasteiger partial charge in [-0.2, -0.15) is 0 Å². The lowest BCUT2D eigenvalue weighted by molar-refractivity contribution is -0.156. The molecule has 3 rings (SSSR count). The van der Waals surface area contributed by atoms with E-state index >= 15 is 0 Å². The molecule has 0 aromatic carbocycles. The topological polar surface area (TPSA) is 60.9 Å². The Bertz CT molecular complexity index is 738. The highest BCUT2D eigenvalue weighted by Crippen LogP contribution is 2.34. The van der Waals surface area contributed by atoms with E-state index in [2.05, 4.69) is 11.0 Å². The summed E-state index contributed by atoms with van der Waals surface area (Å²) >= 11 is 0. The van der Waals surface area contributed by atoms with Gasteiger partial charge in [0, 0.05) is 51.3 Å². The largest absolute Gasteiger partial charge is 0.478 e. The van der Waals surface area contributed by atoms with Crippen LogP contribution in [0.5, 0.6) is 5.88 Å². The van der Waals surface area contributed by atoms with Gasteiger partial charge in [0.05, 0.1) is 12.7 Å². The number of hydrogen-bond donors (Lipinski definition) is 0. The third-order valence-electron chi connectivity index (χ3n) is 6.73. The molecule has 1 saturated carbocycles. The third-order valence-corrected chi connectivity index (χ3v) is 6.73. The molecule has 2 aliphatic rings. The number of ether oxygens (including phenoxy) is 3. The molecule has 0 saturated heterocycles. The number of pyridine rings is 1. The average molecular weight is 447 g/mol. The van der Waals surface area contributed by atoms with Gasteiger partial charge in [-0.1, -0.05) is 6.07 Å². The zero-order valence-electron chi connectivity index (χ0n) is 20.7. The predicted molar refractivity (Wildman–Crippen MR) is 126 cm³/mol. The summed E-state index contributed by atoms with van der Waals surface area (Å²) in [5, 5.41) is 0. The van der Waals surface area contributed by atoms with Crippen molar-refractivity contribution < 1.29 is 19.0 Å². The van der Waals surface area contributed by atoms with Gasteiger partial charge in [0.25, 0.3) is 0 Å². The monoisotopic (exact) mass is 446 g/mol. The normalized spacial score (nSPS) is 23.2. The van der Waals surface area contributed by atoms with E-state index in [1.807, 2.05) is 40.9 Å². The van der Waals surface area contributed by atoms with Gasteiger partial charge in [0.15, 0.2) is 0 Å². The van der Waals surface area contributed by atoms with Crippen LogP contribution in [0.1, 0.15) is 71.1 Å². The van der Waals surface area contributed by atoms with Crippen LogP contribution in [-0.2, 0) is 27.1 Å². The van der Waals surface area contributed by atoms with Crippen molar-refractivity contribution in [2.45, 2.75) is 84.3 Å². The van der Waals surface area contributed by atoms with Crippen LogP contribution in [0.15, 0.2) is 12.1 Å². The van der Waals surface area contributed by atoms with Crippen molar-refractivity contribution in [3.8, 4) is 5.88 Å². The smallest absolute Gasteiger partial charge is 0.306 e. The molecular weight excluding hydrogens is 404 g/mol. The van der Waals surface area contributed by atoms with E-state index in [-0.39, 0.29) is 12.1 Å². The van der Waals surface area contributed by atoms with Gasteiger partial charge in [0.2, 0.25) is 5.88 Å². The Hall–Kier alpha value is -1.66. The molecule has 0 amide bonds. The van der Waals surface area contributed by atoms with Crippen LogP contribution in [-0.4, -0.2) is 60.9 Å². The van der Waals surface area contributed by atoms with Crippen LogP contribution in [0.25, 0.3) is 0 Å². The first-order chi connectivity index (χ1) is 15.3. The quantitative estimate of drug-likeness (QED) is 0.551. The summed E-state index contributed by atoms with van der Waals surface area (Å²) in [6, 6.07) is 4.17. The Labute approximate surface area is 194 Å². The molecule has 1 aliphatic carbocycles. The summed E-state index contributed by atoms with van der Waals surface area (Å²) in [7, 11) is 1.85. The maximum atomic E-state index is 12.2. The molecule has 1 aliphatic heterocycles. The Morgan fingerprint density at radius 1 is 1.16 bits per heavy atom. The molecule has 0 spiro atoms. The van der Waals surface area contributed by atoms with Gasteiger partial charge in [0.1, 0.15) is 5.60 Å². The summed E-state index contributed by atoms with van der Waals surface area (Å²) < 4.78 is 17.1. The van der Waals surface area contributed by atoms with Crippen molar-refractivity contribution in [2.24, 2.45) is 11.8 Å². The van der Waals surface area contributed by atoms with Gasteiger partial charge in [-0.05, 0) is 77.2 Å². The number of nitrogens with zero attached hydrogens (tertiary/aromatic N) is 2. The number of rotatable bonds is 8. The van der Waals surface area contributed by atoms with Gasteiger partial charge in [-0.15, -0.1) is 0 Å². The number of methoxy groups -OCH3 is 1. The summed E-state index contributed by atoms with van der Waals surface area (Å²) in [5.74, 6) is 1.67. The molecule has 1 aromatic heterocycles. The first kappa shape index (κ1) is 25.0. The van der Waals surface area contributed by atoms with Crippen LogP contribution >= 0.6 is 0 Å². The molecule has 0 N–H and O–H groups in total. The van der Waals surface area contributed by atoms with E-state index in [1.54, 1.807) is 0 Å². The number of aromatic nitrogens is 1. The minimum atomic E-state index is -0.400. The molecule has 6 heteroatoms. The van der Waals surface area contributed by atoms with Gasteiger partial charge >= 0.3 is 5.97 Å². The highest BCUT2D eigenvalue weighted by Gasteiger charge is 2.31. The van der Waals surface area contributed by atoms with Gasteiger partial charge in [-0.3, -0.25) is 4.79 Å². The van der Waals surface area contributed by atoms with Crippen LogP contribution in [0.4, 0.5) is 0 Å². The summed E-state index contributed by atoms with van der Waals surface area (Å²) in [5.41, 5.74) is 2.12. The standard InChI is InChI=1S/C26H42N2O4/c1-6-31-24-12-11-20-13-15-28(16-14-22(20)27-24)18-23(30-5)21-9-7-19(8-10-21)17-25(29)32-26(2,3)4/h11-12,19,21,23H,6-10,13-18H2,1-5H3. The molecule has 32 heavy (non-hydrogen) atoms. The molecule has 0 radical (unpaired) electrons. The van der Waals surface area contributed by atoms with Crippen LogP contribution < -0.4 is 4.74 Å². The number of carbonyl (C=O) groups is 1. The molecule has 2 heterocycles. The van der Waals surface area contributed by atoms with Crippen molar-refractivity contribution in [2.75, 3.05) is 33.4 Å². The third kappa shape index (κ3) is 7.45. The van der Waals surface area contributed by atoms with E-state index in [0.29, 0.717) is 24.9 Å². The van der Waals surface area contributed by atoms with Crippen molar-refractivity contribution in [1.82, 2.24) is 9.88 Å². The summed E-state index contributed by atoms with van der Waals surface area (Å²) in [4.78, 5) is 19.4. The maximum Gasteiger partial charge on any atom is 0.306 e. The molecule has 0 bridgehead atoms. The molecule has 1 aromatic rings. The second-order valence-electron chi connectivity index (χ2n) is 10.3. The number of hydrogen-bond acceptors (Lipinski definition) is 6. The highest BCUT2D eigenvalue weighted by atomic mass is 16.6.